The SMILES string of the molecule is CCc1nc(C2CC2)c(C(=O)O)n1Cc1c2ccocc-2c(Br)c1-c1ccccc1C(=O)NS(=O)(=O)c1ccccc1. The number of nitrogens with zero attached hydrogens (tertiary/aromatic N) is 2. The van der Waals surface area contributed by atoms with Crippen molar-refractivity contribution in [1.29, 1.82) is 0 Å². The molecule has 0 unspecified atom stereocenters. The first-order valence-electron chi connectivity index (χ1n) is 13.4. The Morgan fingerprint density at radius 2 is 1.76 bits per heavy atom. The van der Waals surface area contributed by atoms with Gasteiger partial charge in [0.05, 0.1) is 29.7 Å². The highest BCUT2D eigenvalue weighted by Crippen LogP contribution is 2.48. The summed E-state index contributed by atoms with van der Waals surface area (Å²) in [6, 6.07) is 16.2. The monoisotopic (exact) mass is 647 g/mol. The third-order valence-corrected chi connectivity index (χ3v) is 9.64. The zero-order chi connectivity index (χ0) is 29.6. The number of sulfonamides is 1. The fourth-order valence-electron chi connectivity index (χ4n) is 5.37. The van der Waals surface area contributed by atoms with Crippen LogP contribution in [0.4, 0.5) is 0 Å². The Morgan fingerprint density at radius 1 is 1.05 bits per heavy atom. The lowest BCUT2D eigenvalue weighted by atomic mass is 9.97. The zero-order valence-corrected chi connectivity index (χ0v) is 24.9. The van der Waals surface area contributed by atoms with E-state index >= 15 is 0 Å². The number of nitrogens with one attached hydrogen (secondary N) is 1. The maximum Gasteiger partial charge on any atom is 0.354 e. The highest BCUT2D eigenvalue weighted by molar-refractivity contribution is 9.10. The first kappa shape index (κ1) is 27.9. The van der Waals surface area contributed by atoms with Crippen LogP contribution in [0.5, 0.6) is 0 Å². The molecular weight excluding hydrogens is 622 g/mol. The van der Waals surface area contributed by atoms with Gasteiger partial charge < -0.3 is 14.1 Å². The Kier molecular flexibility index (Phi) is 7.24. The third-order valence-electron chi connectivity index (χ3n) is 7.47. The lowest BCUT2D eigenvalue weighted by molar-refractivity contribution is 0.0683. The van der Waals surface area contributed by atoms with Crippen LogP contribution in [-0.4, -0.2) is 35.0 Å². The van der Waals surface area contributed by atoms with Crippen molar-refractivity contribution >= 4 is 37.8 Å². The van der Waals surface area contributed by atoms with E-state index < -0.39 is 21.9 Å². The summed E-state index contributed by atoms with van der Waals surface area (Å²) in [6.45, 7) is 2.11. The van der Waals surface area contributed by atoms with Gasteiger partial charge >= 0.3 is 5.97 Å². The molecule has 0 spiro atoms. The molecule has 3 aromatic rings. The number of benzene rings is 2. The van der Waals surface area contributed by atoms with E-state index in [1.807, 2.05) is 6.92 Å². The summed E-state index contributed by atoms with van der Waals surface area (Å²) in [4.78, 5) is 30.8. The van der Waals surface area contributed by atoms with Crippen molar-refractivity contribution in [1.82, 2.24) is 14.3 Å². The lowest BCUT2D eigenvalue weighted by Gasteiger charge is -2.15. The number of imidazole rings is 1. The van der Waals surface area contributed by atoms with Crippen LogP contribution in [0.2, 0.25) is 0 Å². The number of carbonyl (C=O) groups excluding carboxylic acids is 1. The highest BCUT2D eigenvalue weighted by atomic mass is 79.9. The Hall–Kier alpha value is -4.22. The minimum atomic E-state index is -4.13. The number of rotatable bonds is 9. The average molecular weight is 649 g/mol. The lowest BCUT2D eigenvalue weighted by Crippen LogP contribution is -2.31. The predicted molar refractivity (Wildman–Crippen MR) is 159 cm³/mol. The summed E-state index contributed by atoms with van der Waals surface area (Å²) < 4.78 is 36.0. The van der Waals surface area contributed by atoms with Crippen LogP contribution in [-0.2, 0) is 23.0 Å². The molecule has 2 aromatic carbocycles. The summed E-state index contributed by atoms with van der Waals surface area (Å²) in [7, 11) is -4.13. The first-order chi connectivity index (χ1) is 20.2. The van der Waals surface area contributed by atoms with Gasteiger partial charge in [0.25, 0.3) is 15.9 Å². The van der Waals surface area contributed by atoms with Gasteiger partial charge in [0.1, 0.15) is 5.82 Å². The van der Waals surface area contributed by atoms with Gasteiger partial charge in [-0.3, -0.25) is 4.79 Å². The summed E-state index contributed by atoms with van der Waals surface area (Å²) in [6.07, 6.45) is 5.47. The summed E-state index contributed by atoms with van der Waals surface area (Å²) in [5.74, 6) is -1.03. The molecule has 1 aliphatic heterocycles. The Bertz CT molecular complexity index is 1910. The third kappa shape index (κ3) is 4.92. The van der Waals surface area contributed by atoms with Gasteiger partial charge in [-0.1, -0.05) is 43.3 Å². The number of halogens is 1. The second kappa shape index (κ2) is 10.9. The molecule has 11 heteroatoms. The van der Waals surface area contributed by atoms with Crippen molar-refractivity contribution < 1.29 is 27.5 Å². The number of aromatic nitrogens is 2. The summed E-state index contributed by atoms with van der Waals surface area (Å²) in [5, 5.41) is 10.2. The predicted octanol–water partition coefficient (Wildman–Crippen LogP) is 6.32. The largest absolute Gasteiger partial charge is 0.477 e. The van der Waals surface area contributed by atoms with E-state index in [-0.39, 0.29) is 28.6 Å². The quantitative estimate of drug-likeness (QED) is 0.191. The maximum atomic E-state index is 13.5. The van der Waals surface area contributed by atoms with Gasteiger partial charge in [0, 0.05) is 33.5 Å². The molecule has 2 heterocycles. The van der Waals surface area contributed by atoms with Crippen molar-refractivity contribution in [3.05, 3.63) is 106 Å². The molecule has 6 rings (SSSR count). The molecule has 0 atom stereocenters. The number of amides is 1. The van der Waals surface area contributed by atoms with Gasteiger partial charge in [0.2, 0.25) is 0 Å². The van der Waals surface area contributed by atoms with Crippen LogP contribution < -0.4 is 4.72 Å². The van der Waals surface area contributed by atoms with Gasteiger partial charge in [-0.15, -0.1) is 0 Å². The number of carboxylic acid groups (broad SMARTS) is 1. The Labute approximate surface area is 250 Å². The number of carbonyl (C=O) groups is 2. The molecule has 0 saturated heterocycles. The molecule has 9 nitrogen and oxygen atoms in total. The molecule has 3 aliphatic rings. The summed E-state index contributed by atoms with van der Waals surface area (Å²) in [5.41, 5.74) is 4.31. The topological polar surface area (TPSA) is 131 Å². The second-order valence-electron chi connectivity index (χ2n) is 10.1. The number of hydrogen-bond acceptors (Lipinski definition) is 6. The van der Waals surface area contributed by atoms with Crippen LogP contribution in [0.25, 0.3) is 22.3 Å². The molecule has 1 aromatic heterocycles. The fourth-order valence-corrected chi connectivity index (χ4v) is 7.11. The van der Waals surface area contributed by atoms with Gasteiger partial charge in [-0.05, 0) is 69.7 Å². The standard InChI is InChI=1S/C31H26BrN3O6S/c1-2-25-33-28(18-12-13-18)29(31(37)38)35(25)16-23-20-14-15-41-17-24(20)27(32)26(23)21-10-6-7-11-22(21)30(36)34-42(39,40)19-8-4-3-5-9-19/h3-11,14-15,17-18H,2,12-13,16H2,1H3,(H,34,36)(H,37,38). The molecule has 1 saturated carbocycles. The van der Waals surface area contributed by atoms with Gasteiger partial charge in [0.15, 0.2) is 5.69 Å². The number of carboxylic acids is 1. The first-order valence-corrected chi connectivity index (χ1v) is 15.7. The molecule has 1 fully saturated rings. The number of aromatic carboxylic acids is 1. The number of hydrogen-bond donors (Lipinski definition) is 2. The Balaban J connectivity index is 1.50. The number of aryl methyl sites for hydroxylation is 1. The van der Waals surface area contributed by atoms with E-state index in [9.17, 15) is 23.1 Å². The molecule has 0 radical (unpaired) electrons. The summed E-state index contributed by atoms with van der Waals surface area (Å²) >= 11 is 3.70. The van der Waals surface area contributed by atoms with Crippen molar-refractivity contribution in [2.75, 3.05) is 0 Å². The van der Waals surface area contributed by atoms with E-state index in [0.29, 0.717) is 33.5 Å². The second-order valence-corrected chi connectivity index (χ2v) is 12.6. The molecule has 2 N–H and O–H groups in total. The van der Waals surface area contributed by atoms with E-state index in [4.69, 9.17) is 9.40 Å². The zero-order valence-electron chi connectivity index (χ0n) is 22.5. The van der Waals surface area contributed by atoms with Crippen LogP contribution in [0.15, 0.2) is 87.0 Å². The molecular formula is C31H26BrN3O6S. The van der Waals surface area contributed by atoms with Crippen LogP contribution >= 0.6 is 15.9 Å². The van der Waals surface area contributed by atoms with Crippen molar-refractivity contribution in [2.45, 2.75) is 43.5 Å². The average Bonchev–Trinajstić information content (AvgIpc) is 3.72. The van der Waals surface area contributed by atoms with Crippen molar-refractivity contribution in [2.24, 2.45) is 0 Å². The van der Waals surface area contributed by atoms with E-state index in [2.05, 4.69) is 20.7 Å². The van der Waals surface area contributed by atoms with E-state index in [1.165, 1.54) is 18.4 Å². The van der Waals surface area contributed by atoms with Crippen LogP contribution in [0.3, 0.4) is 0 Å². The van der Waals surface area contributed by atoms with Crippen LogP contribution in [0, 0.1) is 0 Å². The van der Waals surface area contributed by atoms with E-state index in [0.717, 1.165) is 29.5 Å². The minimum absolute atomic E-state index is 0.0294. The minimum Gasteiger partial charge on any atom is -0.477 e. The molecule has 42 heavy (non-hydrogen) atoms. The van der Waals surface area contributed by atoms with Crippen molar-refractivity contribution in [3.8, 4) is 22.3 Å². The van der Waals surface area contributed by atoms with E-state index in [1.54, 1.807) is 59.4 Å². The van der Waals surface area contributed by atoms with Gasteiger partial charge in [-0.2, -0.15) is 0 Å². The fraction of sp³-hybridized carbons (Fsp3) is 0.194. The molecule has 2 aliphatic carbocycles. The van der Waals surface area contributed by atoms with Gasteiger partial charge in [-0.25, -0.2) is 22.9 Å². The normalized spacial score (nSPS) is 13.4. The van der Waals surface area contributed by atoms with Crippen molar-refractivity contribution in [3.63, 3.8) is 0 Å². The smallest absolute Gasteiger partial charge is 0.354 e. The van der Waals surface area contributed by atoms with Crippen LogP contribution in [0.1, 0.15) is 63.6 Å². The molecule has 214 valence electrons. The Morgan fingerprint density at radius 3 is 2.45 bits per heavy atom. The maximum absolute atomic E-state index is 13.5. The molecule has 0 bridgehead atoms. The molecule has 1 amide bonds. The number of fused-ring (bicyclic) bond motifs is 1. The highest BCUT2D eigenvalue weighted by Gasteiger charge is 2.35.